The van der Waals surface area contributed by atoms with Crippen molar-refractivity contribution in [1.82, 2.24) is 9.78 Å². The summed E-state index contributed by atoms with van der Waals surface area (Å²) in [6.45, 7) is 0. The summed E-state index contributed by atoms with van der Waals surface area (Å²) >= 11 is 0. The maximum atomic E-state index is 12.9. The number of aromatic nitrogens is 2. The van der Waals surface area contributed by atoms with Gasteiger partial charge >= 0.3 is 0 Å². The van der Waals surface area contributed by atoms with Crippen LogP contribution in [0.5, 0.6) is 0 Å². The molecular weight excluding hydrogens is 215 g/mol. The van der Waals surface area contributed by atoms with Crippen molar-refractivity contribution in [2.45, 2.75) is 0 Å². The predicted octanol–water partition coefficient (Wildman–Crippen LogP) is 3.18. The second-order valence-electron chi connectivity index (χ2n) is 3.92. The van der Waals surface area contributed by atoms with Gasteiger partial charge in [0.2, 0.25) is 0 Å². The molecule has 0 fully saturated rings. The van der Waals surface area contributed by atoms with Crippen LogP contribution in [0.15, 0.2) is 42.5 Å². The monoisotopic (exact) mass is 225 g/mol. The largest absolute Gasteiger partial charge is 0.267 e. The van der Waals surface area contributed by atoms with Gasteiger partial charge in [0.15, 0.2) is 0 Å². The van der Waals surface area contributed by atoms with Crippen molar-refractivity contribution in [1.29, 1.82) is 0 Å². The van der Waals surface area contributed by atoms with E-state index in [2.05, 4.69) is 11.2 Å². The maximum Gasteiger partial charge on any atom is 0.123 e. The highest BCUT2D eigenvalue weighted by molar-refractivity contribution is 5.93. The molecule has 3 rings (SSSR count). The lowest BCUT2D eigenvalue weighted by atomic mass is 10.1. The normalized spacial score (nSPS) is 10.9. The summed E-state index contributed by atoms with van der Waals surface area (Å²) in [6, 6.07) is 15.1. The summed E-state index contributed by atoms with van der Waals surface area (Å²) in [4.78, 5) is 0. The molecule has 0 aliphatic carbocycles. The van der Waals surface area contributed by atoms with E-state index in [-0.39, 0.29) is 5.82 Å². The van der Waals surface area contributed by atoms with Crippen LogP contribution in [0.2, 0.25) is 0 Å². The number of nitrogens with zero attached hydrogens (tertiary/aromatic N) is 2. The molecule has 2 aromatic carbocycles. The van der Waals surface area contributed by atoms with E-state index in [1.54, 1.807) is 12.1 Å². The number of hydrogen-bond donors (Lipinski definition) is 0. The molecule has 1 aromatic heterocycles. The third-order valence-corrected chi connectivity index (χ3v) is 2.81. The van der Waals surface area contributed by atoms with Crippen molar-refractivity contribution >= 4 is 10.9 Å². The van der Waals surface area contributed by atoms with Crippen LogP contribution in [-0.2, 0) is 7.05 Å². The van der Waals surface area contributed by atoms with Crippen molar-refractivity contribution < 1.29 is 4.39 Å². The fourth-order valence-electron chi connectivity index (χ4n) is 1.97. The van der Waals surface area contributed by atoms with Crippen molar-refractivity contribution in [3.8, 4) is 11.3 Å². The molecule has 2 nitrogen and oxygen atoms in total. The molecule has 0 unspecified atom stereocenters. The summed E-state index contributed by atoms with van der Waals surface area (Å²) < 4.78 is 14.7. The van der Waals surface area contributed by atoms with Crippen molar-refractivity contribution in [3.05, 3.63) is 54.3 Å². The lowest BCUT2D eigenvalue weighted by Gasteiger charge is -1.97. The predicted molar refractivity (Wildman–Crippen MR) is 64.9 cm³/mol. The van der Waals surface area contributed by atoms with Gasteiger partial charge in [-0.3, -0.25) is 4.68 Å². The number of hydrogen-bond acceptors (Lipinski definition) is 1. The minimum Gasteiger partial charge on any atom is -0.267 e. The van der Waals surface area contributed by atoms with Gasteiger partial charge in [-0.1, -0.05) is 6.07 Å². The zero-order valence-electron chi connectivity index (χ0n) is 9.31. The Bertz CT molecular complexity index is 668. The highest BCUT2D eigenvalue weighted by Crippen LogP contribution is 2.27. The van der Waals surface area contributed by atoms with Crippen molar-refractivity contribution in [3.63, 3.8) is 0 Å². The first-order valence-corrected chi connectivity index (χ1v) is 5.34. The molecule has 3 aromatic rings. The second kappa shape index (κ2) is 3.70. The topological polar surface area (TPSA) is 17.8 Å². The summed E-state index contributed by atoms with van der Waals surface area (Å²) in [5.74, 6) is -0.236. The number of halogens is 1. The molecule has 0 aliphatic rings. The number of fused-ring (bicyclic) bond motifs is 1. The zero-order valence-corrected chi connectivity index (χ0v) is 9.31. The highest BCUT2D eigenvalue weighted by Gasteiger charge is 2.09. The van der Waals surface area contributed by atoms with E-state index in [9.17, 15) is 4.39 Å². The van der Waals surface area contributed by atoms with Gasteiger partial charge in [-0.2, -0.15) is 5.10 Å². The van der Waals surface area contributed by atoms with Gasteiger partial charge in [0.05, 0.1) is 5.52 Å². The standard InChI is InChI=1S/C14H10FN2/c1-17-13-5-3-2-4-12(13)14(16-17)10-6-8-11(15)9-7-10/h3-9H,1H3. The molecule has 0 atom stereocenters. The summed E-state index contributed by atoms with van der Waals surface area (Å²) in [5, 5.41) is 5.49. The lowest BCUT2D eigenvalue weighted by Crippen LogP contribution is -1.89. The number of benzene rings is 2. The second-order valence-corrected chi connectivity index (χ2v) is 3.92. The summed E-state index contributed by atoms with van der Waals surface area (Å²) in [6.07, 6.45) is 0. The molecule has 0 saturated carbocycles. The van der Waals surface area contributed by atoms with E-state index in [1.807, 2.05) is 29.9 Å². The minimum absolute atomic E-state index is 0.236. The Morgan fingerprint density at radius 3 is 2.71 bits per heavy atom. The fourth-order valence-corrected chi connectivity index (χ4v) is 1.97. The van der Waals surface area contributed by atoms with Crippen molar-refractivity contribution in [2.24, 2.45) is 7.05 Å². The molecule has 0 amide bonds. The first-order chi connectivity index (χ1) is 8.25. The molecule has 1 radical (unpaired) electrons. The lowest BCUT2D eigenvalue weighted by molar-refractivity contribution is 0.628. The number of rotatable bonds is 1. The Morgan fingerprint density at radius 2 is 1.94 bits per heavy atom. The zero-order chi connectivity index (χ0) is 11.8. The van der Waals surface area contributed by atoms with Crippen LogP contribution in [0.25, 0.3) is 22.2 Å². The van der Waals surface area contributed by atoms with Crippen LogP contribution in [-0.4, -0.2) is 9.78 Å². The average Bonchev–Trinajstić information content (AvgIpc) is 2.69. The quantitative estimate of drug-likeness (QED) is 0.622. The Morgan fingerprint density at radius 1 is 1.18 bits per heavy atom. The Balaban J connectivity index is 2.27. The summed E-state index contributed by atoms with van der Waals surface area (Å²) in [7, 11) is 1.90. The molecule has 0 saturated heterocycles. The highest BCUT2D eigenvalue weighted by atomic mass is 19.1. The third kappa shape index (κ3) is 1.60. The SMILES string of the molecule is Cn1nc(-c2ccc(F)cc2)c2c[c]ccc21. The smallest absolute Gasteiger partial charge is 0.123 e. The Hall–Kier alpha value is -2.16. The van der Waals surface area contributed by atoms with Crippen LogP contribution in [0.4, 0.5) is 4.39 Å². The van der Waals surface area contributed by atoms with Gasteiger partial charge in [0, 0.05) is 18.0 Å². The first-order valence-electron chi connectivity index (χ1n) is 5.34. The molecule has 3 heteroatoms. The third-order valence-electron chi connectivity index (χ3n) is 2.81. The van der Waals surface area contributed by atoms with Gasteiger partial charge < -0.3 is 0 Å². The van der Waals surface area contributed by atoms with Gasteiger partial charge in [-0.05, 0) is 42.5 Å². The van der Waals surface area contributed by atoms with Crippen LogP contribution in [0.3, 0.4) is 0 Å². The molecule has 17 heavy (non-hydrogen) atoms. The molecule has 0 bridgehead atoms. The van der Waals surface area contributed by atoms with Gasteiger partial charge in [0.25, 0.3) is 0 Å². The molecule has 83 valence electrons. The van der Waals surface area contributed by atoms with Crippen molar-refractivity contribution in [2.75, 3.05) is 0 Å². The van der Waals surface area contributed by atoms with Gasteiger partial charge in [-0.15, -0.1) is 0 Å². The molecular formula is C14H10FN2. The average molecular weight is 225 g/mol. The van der Waals surface area contributed by atoms with Crippen LogP contribution in [0.1, 0.15) is 0 Å². The molecule has 0 N–H and O–H groups in total. The van der Waals surface area contributed by atoms with Gasteiger partial charge in [-0.25, -0.2) is 4.39 Å². The fraction of sp³-hybridized carbons (Fsp3) is 0.0714. The molecule has 1 heterocycles. The maximum absolute atomic E-state index is 12.9. The van der Waals surface area contributed by atoms with Crippen LogP contribution in [0, 0.1) is 11.9 Å². The van der Waals surface area contributed by atoms with Crippen LogP contribution < -0.4 is 0 Å². The van der Waals surface area contributed by atoms with E-state index in [1.165, 1.54) is 12.1 Å². The molecule has 0 spiro atoms. The van der Waals surface area contributed by atoms with Crippen LogP contribution >= 0.6 is 0 Å². The Kier molecular flexibility index (Phi) is 2.18. The summed E-state index contributed by atoms with van der Waals surface area (Å²) in [5.41, 5.74) is 2.82. The van der Waals surface area contributed by atoms with Gasteiger partial charge in [0.1, 0.15) is 11.5 Å². The van der Waals surface area contributed by atoms with E-state index in [0.29, 0.717) is 0 Å². The minimum atomic E-state index is -0.236. The van der Waals surface area contributed by atoms with E-state index < -0.39 is 0 Å². The van der Waals surface area contributed by atoms with E-state index in [0.717, 1.165) is 22.2 Å². The Labute approximate surface area is 98.3 Å². The van der Waals surface area contributed by atoms with E-state index >= 15 is 0 Å². The van der Waals surface area contributed by atoms with E-state index in [4.69, 9.17) is 0 Å². The number of aryl methyl sites for hydroxylation is 1. The molecule has 0 aliphatic heterocycles. The first kappa shape index (κ1) is 10.0.